The highest BCUT2D eigenvalue weighted by molar-refractivity contribution is 6.31. The summed E-state index contributed by atoms with van der Waals surface area (Å²) in [5.41, 5.74) is 2.58. The standard InChI is InChI=1S/C21H22N4O4/c1-27-11-17-19(26)18(21-23-15-6-4-5-7-16(15)24-21)20(22)25(17)12-8-13(28-2)10-14(9-12)29-3/h4-10,17,22,26H,11H2,1-3H3,(H,23,24). The van der Waals surface area contributed by atoms with Crippen molar-refractivity contribution in [3.63, 3.8) is 0 Å². The second kappa shape index (κ2) is 7.48. The molecule has 0 spiro atoms. The largest absolute Gasteiger partial charge is 0.509 e. The van der Waals surface area contributed by atoms with Gasteiger partial charge in [-0.2, -0.15) is 0 Å². The summed E-state index contributed by atoms with van der Waals surface area (Å²) in [6, 6.07) is 12.3. The van der Waals surface area contributed by atoms with E-state index in [9.17, 15) is 5.11 Å². The highest BCUT2D eigenvalue weighted by Crippen LogP contribution is 2.38. The summed E-state index contributed by atoms with van der Waals surface area (Å²) in [7, 11) is 4.69. The zero-order valence-corrected chi connectivity index (χ0v) is 16.4. The van der Waals surface area contributed by atoms with Crippen molar-refractivity contribution in [1.29, 1.82) is 5.41 Å². The number of hydrogen-bond donors (Lipinski definition) is 3. The number of anilines is 1. The number of ether oxygens (including phenoxy) is 3. The highest BCUT2D eigenvalue weighted by Gasteiger charge is 2.40. The number of para-hydroxylation sites is 2. The lowest BCUT2D eigenvalue weighted by molar-refractivity contribution is 0.175. The SMILES string of the molecule is COCC1C(O)=C(c2nc3ccccc3[nH]2)C(=N)N1c1cc(OC)cc(OC)c1. The van der Waals surface area contributed by atoms with Crippen molar-refractivity contribution in [1.82, 2.24) is 9.97 Å². The van der Waals surface area contributed by atoms with Crippen LogP contribution in [0.3, 0.4) is 0 Å². The molecule has 2 aromatic carbocycles. The number of aromatic nitrogens is 2. The Hall–Kier alpha value is -3.52. The number of benzene rings is 2. The van der Waals surface area contributed by atoms with Gasteiger partial charge in [0.2, 0.25) is 0 Å². The molecule has 1 aromatic heterocycles. The molecule has 4 rings (SSSR count). The van der Waals surface area contributed by atoms with Gasteiger partial charge in [0.25, 0.3) is 0 Å². The third-order valence-corrected chi connectivity index (χ3v) is 4.93. The van der Waals surface area contributed by atoms with Gasteiger partial charge < -0.3 is 29.2 Å². The van der Waals surface area contributed by atoms with Crippen LogP contribution in [0.25, 0.3) is 16.6 Å². The molecule has 2 heterocycles. The first kappa shape index (κ1) is 18.8. The topological polar surface area (TPSA) is 104 Å². The number of imidazole rings is 1. The fourth-order valence-electron chi connectivity index (χ4n) is 3.54. The molecule has 0 saturated heterocycles. The van der Waals surface area contributed by atoms with Gasteiger partial charge in [0.15, 0.2) is 0 Å². The Balaban J connectivity index is 1.82. The Bertz CT molecular complexity index is 1050. The molecule has 8 heteroatoms. The van der Waals surface area contributed by atoms with Crippen LogP contribution in [-0.2, 0) is 4.74 Å². The van der Waals surface area contributed by atoms with E-state index < -0.39 is 6.04 Å². The van der Waals surface area contributed by atoms with Crippen molar-refractivity contribution >= 4 is 28.1 Å². The maximum atomic E-state index is 11.0. The number of fused-ring (bicyclic) bond motifs is 1. The van der Waals surface area contributed by atoms with Crippen LogP contribution in [0.2, 0.25) is 0 Å². The molecule has 1 unspecified atom stereocenters. The van der Waals surface area contributed by atoms with E-state index in [1.807, 2.05) is 24.3 Å². The second-order valence-corrected chi connectivity index (χ2v) is 6.62. The van der Waals surface area contributed by atoms with E-state index in [2.05, 4.69) is 9.97 Å². The van der Waals surface area contributed by atoms with Crippen molar-refractivity contribution in [3.8, 4) is 11.5 Å². The predicted molar refractivity (Wildman–Crippen MR) is 111 cm³/mol. The average molecular weight is 394 g/mol. The summed E-state index contributed by atoms with van der Waals surface area (Å²) in [6.45, 7) is 0.192. The summed E-state index contributed by atoms with van der Waals surface area (Å²) < 4.78 is 16.1. The number of nitrogens with one attached hydrogen (secondary N) is 2. The molecular weight excluding hydrogens is 372 g/mol. The van der Waals surface area contributed by atoms with Crippen LogP contribution in [0, 0.1) is 5.41 Å². The van der Waals surface area contributed by atoms with Gasteiger partial charge in [-0.1, -0.05) is 12.1 Å². The van der Waals surface area contributed by atoms with E-state index in [1.165, 1.54) is 0 Å². The number of methoxy groups -OCH3 is 3. The normalized spacial score (nSPS) is 16.7. The summed E-state index contributed by atoms with van der Waals surface area (Å²) in [5, 5.41) is 19.8. The molecule has 29 heavy (non-hydrogen) atoms. The number of rotatable bonds is 6. The lowest BCUT2D eigenvalue weighted by Crippen LogP contribution is -2.38. The molecule has 150 valence electrons. The van der Waals surface area contributed by atoms with Gasteiger partial charge in [-0.15, -0.1) is 0 Å². The Morgan fingerprint density at radius 3 is 2.41 bits per heavy atom. The van der Waals surface area contributed by atoms with Gasteiger partial charge in [0.1, 0.15) is 35.0 Å². The van der Waals surface area contributed by atoms with Crippen molar-refractivity contribution in [2.45, 2.75) is 6.04 Å². The number of aliphatic hydroxyl groups is 1. The first-order chi connectivity index (χ1) is 14.1. The molecule has 0 radical (unpaired) electrons. The van der Waals surface area contributed by atoms with E-state index >= 15 is 0 Å². The van der Waals surface area contributed by atoms with Gasteiger partial charge in [0.05, 0.1) is 43.1 Å². The van der Waals surface area contributed by atoms with Gasteiger partial charge >= 0.3 is 0 Å². The van der Waals surface area contributed by atoms with E-state index in [0.717, 1.165) is 11.0 Å². The molecule has 1 aliphatic heterocycles. The van der Waals surface area contributed by atoms with Gasteiger partial charge in [-0.3, -0.25) is 5.41 Å². The summed E-state index contributed by atoms with van der Waals surface area (Å²) in [5.74, 6) is 1.74. The van der Waals surface area contributed by atoms with E-state index in [1.54, 1.807) is 44.4 Å². The zero-order chi connectivity index (χ0) is 20.5. The molecule has 0 saturated carbocycles. The number of amidine groups is 1. The third kappa shape index (κ3) is 3.17. The van der Waals surface area contributed by atoms with Crippen LogP contribution in [-0.4, -0.2) is 54.9 Å². The van der Waals surface area contributed by atoms with Gasteiger partial charge in [0, 0.05) is 25.3 Å². The first-order valence-electron chi connectivity index (χ1n) is 9.05. The molecule has 1 atom stereocenters. The minimum atomic E-state index is -0.576. The van der Waals surface area contributed by atoms with E-state index in [4.69, 9.17) is 19.6 Å². The fourth-order valence-corrected chi connectivity index (χ4v) is 3.54. The fraction of sp³-hybridized carbons (Fsp3) is 0.238. The van der Waals surface area contributed by atoms with Crippen LogP contribution in [0.5, 0.6) is 11.5 Å². The highest BCUT2D eigenvalue weighted by atomic mass is 16.5. The van der Waals surface area contributed by atoms with E-state index in [-0.39, 0.29) is 18.2 Å². The zero-order valence-electron chi connectivity index (χ0n) is 16.4. The van der Waals surface area contributed by atoms with Crippen molar-refractivity contribution < 1.29 is 19.3 Å². The van der Waals surface area contributed by atoms with Crippen LogP contribution >= 0.6 is 0 Å². The van der Waals surface area contributed by atoms with Gasteiger partial charge in [-0.25, -0.2) is 4.98 Å². The molecule has 1 aliphatic rings. The Kier molecular flexibility index (Phi) is 4.85. The number of H-pyrrole nitrogens is 1. The monoisotopic (exact) mass is 394 g/mol. The lowest BCUT2D eigenvalue weighted by Gasteiger charge is -2.27. The molecule has 0 fully saturated rings. The molecule has 3 N–H and O–H groups in total. The third-order valence-electron chi connectivity index (χ3n) is 4.93. The molecular formula is C21H22N4O4. The van der Waals surface area contributed by atoms with Crippen molar-refractivity contribution in [2.75, 3.05) is 32.8 Å². The number of nitrogens with zero attached hydrogens (tertiary/aromatic N) is 2. The van der Waals surface area contributed by atoms with Crippen molar-refractivity contribution in [3.05, 3.63) is 54.0 Å². The summed E-state index contributed by atoms with van der Waals surface area (Å²) in [6.07, 6.45) is 0. The molecule has 0 amide bonds. The minimum Gasteiger partial charge on any atom is -0.509 e. The van der Waals surface area contributed by atoms with Crippen LogP contribution in [0.1, 0.15) is 5.82 Å². The number of hydrogen-bond acceptors (Lipinski definition) is 6. The quantitative estimate of drug-likeness (QED) is 0.592. The summed E-state index contributed by atoms with van der Waals surface area (Å²) in [4.78, 5) is 9.43. The number of aliphatic hydroxyl groups excluding tert-OH is 1. The lowest BCUT2D eigenvalue weighted by atomic mass is 10.2. The minimum absolute atomic E-state index is 0.0256. The predicted octanol–water partition coefficient (Wildman–Crippen LogP) is 3.36. The maximum Gasteiger partial charge on any atom is 0.145 e. The second-order valence-electron chi connectivity index (χ2n) is 6.62. The smallest absolute Gasteiger partial charge is 0.145 e. The summed E-state index contributed by atoms with van der Waals surface area (Å²) >= 11 is 0. The van der Waals surface area contributed by atoms with Crippen LogP contribution < -0.4 is 14.4 Å². The molecule has 3 aromatic rings. The molecule has 0 aliphatic carbocycles. The Labute approximate surface area is 167 Å². The van der Waals surface area contributed by atoms with Crippen LogP contribution in [0.4, 0.5) is 5.69 Å². The number of aromatic amines is 1. The van der Waals surface area contributed by atoms with E-state index in [0.29, 0.717) is 28.6 Å². The molecule has 8 nitrogen and oxygen atoms in total. The first-order valence-corrected chi connectivity index (χ1v) is 9.05. The maximum absolute atomic E-state index is 11.0. The average Bonchev–Trinajstić information content (AvgIpc) is 3.26. The van der Waals surface area contributed by atoms with Gasteiger partial charge in [-0.05, 0) is 12.1 Å². The Morgan fingerprint density at radius 2 is 1.79 bits per heavy atom. The Morgan fingerprint density at radius 1 is 1.10 bits per heavy atom. The van der Waals surface area contributed by atoms with Crippen molar-refractivity contribution in [2.24, 2.45) is 0 Å². The molecule has 0 bridgehead atoms. The van der Waals surface area contributed by atoms with Crippen LogP contribution in [0.15, 0.2) is 48.2 Å².